The van der Waals surface area contributed by atoms with Gasteiger partial charge < -0.3 is 9.80 Å². The molecule has 6 heteroatoms. The minimum atomic E-state index is 0.0584. The number of hydrogen-bond donors (Lipinski definition) is 0. The summed E-state index contributed by atoms with van der Waals surface area (Å²) in [5, 5.41) is 22.1. The Bertz CT molecular complexity index is 1370. The van der Waals surface area contributed by atoms with E-state index in [0.29, 0.717) is 0 Å². The van der Waals surface area contributed by atoms with Crippen LogP contribution >= 0.6 is 11.8 Å². The van der Waals surface area contributed by atoms with E-state index in [1.165, 1.54) is 59.8 Å². The van der Waals surface area contributed by atoms with Crippen molar-refractivity contribution in [1.29, 1.82) is 10.5 Å². The van der Waals surface area contributed by atoms with Gasteiger partial charge in [-0.3, -0.25) is 4.90 Å². The molecule has 0 amide bonds. The van der Waals surface area contributed by atoms with Crippen LogP contribution in [0.4, 0.5) is 0 Å². The molecule has 0 bridgehead atoms. The van der Waals surface area contributed by atoms with Crippen molar-refractivity contribution in [1.82, 2.24) is 14.7 Å². The van der Waals surface area contributed by atoms with E-state index >= 15 is 0 Å². The highest BCUT2D eigenvalue weighted by Gasteiger charge is 2.32. The fraction of sp³-hybridized carbons (Fsp3) is 0.394. The summed E-state index contributed by atoms with van der Waals surface area (Å²) in [6.07, 6.45) is 4.01. The standard InChI is InChI=1S/C33H37N5S/c1-26(31-14-8-12-29-11-3-4-13-32(29)31)38-18-17-37(33(38)30(22-34)23-35)19-20-39-25-28-10-7-9-27(21-28)24-36-15-5-2-6-16-36/h3-4,7-14,21,26H,2,5-6,15-20,24-25H2,1H3. The molecule has 2 aliphatic heterocycles. The van der Waals surface area contributed by atoms with Gasteiger partial charge in [0.05, 0.1) is 6.04 Å². The molecule has 2 saturated heterocycles. The summed E-state index contributed by atoms with van der Waals surface area (Å²) < 4.78 is 0. The summed E-state index contributed by atoms with van der Waals surface area (Å²) in [6.45, 7) is 8.11. The van der Waals surface area contributed by atoms with Gasteiger partial charge in [0.1, 0.15) is 18.0 Å². The van der Waals surface area contributed by atoms with Crippen molar-refractivity contribution >= 4 is 22.5 Å². The van der Waals surface area contributed by atoms with Crippen LogP contribution in [-0.2, 0) is 12.3 Å². The summed E-state index contributed by atoms with van der Waals surface area (Å²) in [7, 11) is 0. The van der Waals surface area contributed by atoms with Gasteiger partial charge in [-0.05, 0) is 60.3 Å². The van der Waals surface area contributed by atoms with Crippen LogP contribution in [0.5, 0.6) is 0 Å². The second-order valence-corrected chi connectivity index (χ2v) is 11.7. The molecule has 5 nitrogen and oxygen atoms in total. The lowest BCUT2D eigenvalue weighted by atomic mass is 9.98. The molecule has 2 heterocycles. The largest absolute Gasteiger partial charge is 0.354 e. The van der Waals surface area contributed by atoms with Crippen molar-refractivity contribution in [3.05, 3.63) is 94.8 Å². The van der Waals surface area contributed by atoms with Gasteiger partial charge in [0.25, 0.3) is 0 Å². The second kappa shape index (κ2) is 13.1. The molecule has 1 unspecified atom stereocenters. The van der Waals surface area contributed by atoms with Crippen molar-refractivity contribution in [3.63, 3.8) is 0 Å². The number of piperidine rings is 1. The van der Waals surface area contributed by atoms with E-state index in [1.54, 1.807) is 0 Å². The van der Waals surface area contributed by atoms with Gasteiger partial charge in [-0.1, -0.05) is 73.2 Å². The van der Waals surface area contributed by atoms with E-state index in [2.05, 4.69) is 100 Å². The molecule has 1 atom stereocenters. The zero-order valence-corrected chi connectivity index (χ0v) is 23.7. The predicted molar refractivity (Wildman–Crippen MR) is 161 cm³/mol. The number of allylic oxidation sites excluding steroid dienone is 1. The van der Waals surface area contributed by atoms with Crippen LogP contribution in [0.15, 0.2) is 78.1 Å². The molecule has 0 aromatic heterocycles. The lowest BCUT2D eigenvalue weighted by molar-refractivity contribution is 0.221. The van der Waals surface area contributed by atoms with Gasteiger partial charge in [-0.25, -0.2) is 0 Å². The highest BCUT2D eigenvalue weighted by molar-refractivity contribution is 7.98. The van der Waals surface area contributed by atoms with Crippen LogP contribution < -0.4 is 0 Å². The molecule has 5 rings (SSSR count). The number of likely N-dealkylation sites (tertiary alicyclic amines) is 1. The first-order valence-corrected chi connectivity index (χ1v) is 15.2. The maximum atomic E-state index is 9.82. The molecule has 2 fully saturated rings. The Labute approximate surface area is 237 Å². The fourth-order valence-electron chi connectivity index (χ4n) is 5.98. The Morgan fingerprint density at radius 1 is 0.872 bits per heavy atom. The van der Waals surface area contributed by atoms with E-state index in [1.807, 2.05) is 11.8 Å². The molecule has 0 N–H and O–H groups in total. The van der Waals surface area contributed by atoms with E-state index in [-0.39, 0.29) is 11.6 Å². The first-order valence-electron chi connectivity index (χ1n) is 14.1. The summed E-state index contributed by atoms with van der Waals surface area (Å²) in [6, 6.07) is 28.3. The minimum absolute atomic E-state index is 0.0584. The summed E-state index contributed by atoms with van der Waals surface area (Å²) in [4.78, 5) is 7.06. The number of benzene rings is 3. The summed E-state index contributed by atoms with van der Waals surface area (Å²) in [5.41, 5.74) is 4.20. The quantitative estimate of drug-likeness (QED) is 0.225. The van der Waals surface area contributed by atoms with Crippen molar-refractivity contribution in [2.24, 2.45) is 0 Å². The molecule has 0 aliphatic carbocycles. The third-order valence-electron chi connectivity index (χ3n) is 7.99. The first-order chi connectivity index (χ1) is 19.2. The number of thioether (sulfide) groups is 1. The zero-order chi connectivity index (χ0) is 27.0. The molecule has 0 radical (unpaired) electrons. The molecular formula is C33H37N5S. The average molecular weight is 536 g/mol. The molecule has 3 aromatic carbocycles. The van der Waals surface area contributed by atoms with E-state index in [0.717, 1.165) is 43.5 Å². The lowest BCUT2D eigenvalue weighted by Crippen LogP contribution is -2.29. The summed E-state index contributed by atoms with van der Waals surface area (Å²) >= 11 is 1.92. The topological polar surface area (TPSA) is 57.3 Å². The number of fused-ring (bicyclic) bond motifs is 1. The third-order valence-corrected chi connectivity index (χ3v) is 9.00. The number of nitrogens with zero attached hydrogens (tertiary/aromatic N) is 5. The van der Waals surface area contributed by atoms with Crippen LogP contribution in [-0.4, -0.2) is 53.2 Å². The maximum Gasteiger partial charge on any atom is 0.169 e. The van der Waals surface area contributed by atoms with Gasteiger partial charge in [-0.2, -0.15) is 22.3 Å². The third kappa shape index (κ3) is 6.41. The Hall–Kier alpha value is -3.45. The normalized spacial score (nSPS) is 16.7. The second-order valence-electron chi connectivity index (χ2n) is 10.6. The number of rotatable bonds is 9. The van der Waals surface area contributed by atoms with Crippen LogP contribution in [0.1, 0.15) is 48.9 Å². The number of hydrogen-bond acceptors (Lipinski definition) is 6. The van der Waals surface area contributed by atoms with Crippen LogP contribution in [0, 0.1) is 22.7 Å². The van der Waals surface area contributed by atoms with Gasteiger partial charge >= 0.3 is 0 Å². The smallest absolute Gasteiger partial charge is 0.169 e. The Balaban J connectivity index is 1.23. The Morgan fingerprint density at radius 2 is 1.62 bits per heavy atom. The predicted octanol–water partition coefficient (Wildman–Crippen LogP) is 6.70. The molecule has 0 spiro atoms. The van der Waals surface area contributed by atoms with Crippen LogP contribution in [0.2, 0.25) is 0 Å². The molecule has 2 aliphatic rings. The van der Waals surface area contributed by atoms with Crippen molar-refractivity contribution in [3.8, 4) is 12.1 Å². The van der Waals surface area contributed by atoms with Gasteiger partial charge in [-0.15, -0.1) is 0 Å². The summed E-state index contributed by atoms with van der Waals surface area (Å²) in [5.74, 6) is 2.70. The van der Waals surface area contributed by atoms with Crippen molar-refractivity contribution in [2.45, 2.75) is 44.5 Å². The highest BCUT2D eigenvalue weighted by atomic mass is 32.2. The van der Waals surface area contributed by atoms with Gasteiger partial charge in [0, 0.05) is 37.7 Å². The lowest BCUT2D eigenvalue weighted by Gasteiger charge is -2.31. The highest BCUT2D eigenvalue weighted by Crippen LogP contribution is 2.35. The SMILES string of the molecule is CC(c1cccc2ccccc12)N1CCN(CCSCc2cccc(CN3CCCCC3)c2)C1=C(C#N)C#N. The van der Waals surface area contributed by atoms with E-state index < -0.39 is 0 Å². The molecular weight excluding hydrogens is 498 g/mol. The van der Waals surface area contributed by atoms with Gasteiger partial charge in [0.2, 0.25) is 0 Å². The molecule has 200 valence electrons. The molecule has 0 saturated carbocycles. The van der Waals surface area contributed by atoms with Crippen LogP contribution in [0.25, 0.3) is 10.8 Å². The molecule has 3 aromatic rings. The average Bonchev–Trinajstić information content (AvgIpc) is 3.39. The fourth-order valence-corrected chi connectivity index (χ4v) is 6.89. The van der Waals surface area contributed by atoms with Crippen molar-refractivity contribution < 1.29 is 0 Å². The Morgan fingerprint density at radius 3 is 2.44 bits per heavy atom. The maximum absolute atomic E-state index is 9.82. The van der Waals surface area contributed by atoms with E-state index in [4.69, 9.17) is 0 Å². The van der Waals surface area contributed by atoms with E-state index in [9.17, 15) is 10.5 Å². The monoisotopic (exact) mass is 535 g/mol. The first kappa shape index (κ1) is 27.1. The van der Waals surface area contributed by atoms with Crippen LogP contribution in [0.3, 0.4) is 0 Å². The van der Waals surface area contributed by atoms with Crippen molar-refractivity contribution in [2.75, 3.05) is 38.5 Å². The Kier molecular flexibility index (Phi) is 9.09. The minimum Gasteiger partial charge on any atom is -0.354 e. The van der Waals surface area contributed by atoms with Gasteiger partial charge in [0.15, 0.2) is 5.57 Å². The zero-order valence-electron chi connectivity index (χ0n) is 22.9. The molecule has 39 heavy (non-hydrogen) atoms. The number of nitriles is 2.